The number of carbonyl (C=O) groups is 4. The molecule has 2 aliphatic heterocycles. The minimum absolute atomic E-state index is 0.0737. The quantitative estimate of drug-likeness (QED) is 0.252. The largest absolute Gasteiger partial charge is 0.403 e. The van der Waals surface area contributed by atoms with Crippen molar-refractivity contribution in [2.45, 2.75) is 130 Å². The van der Waals surface area contributed by atoms with Gasteiger partial charge in [-0.2, -0.15) is 26.3 Å². The van der Waals surface area contributed by atoms with E-state index in [0.29, 0.717) is 0 Å². The topological polar surface area (TPSA) is 127 Å². The van der Waals surface area contributed by atoms with Crippen molar-refractivity contribution in [3.8, 4) is 0 Å². The van der Waals surface area contributed by atoms with Crippen LogP contribution >= 0.6 is 0 Å². The van der Waals surface area contributed by atoms with Crippen LogP contribution in [0.4, 0.5) is 26.3 Å². The van der Waals surface area contributed by atoms with Crippen LogP contribution in [0.25, 0.3) is 0 Å². The van der Waals surface area contributed by atoms with E-state index in [-0.39, 0.29) is 72.3 Å². The van der Waals surface area contributed by atoms with Crippen molar-refractivity contribution in [2.24, 2.45) is 99.7 Å². The van der Waals surface area contributed by atoms with Crippen LogP contribution in [-0.2, 0) is 19.2 Å². The molecular weight excluding hydrogens is 702 g/mol. The monoisotopic (exact) mass is 760 g/mol. The second-order valence-electron chi connectivity index (χ2n) is 18.4. The maximum Gasteiger partial charge on any atom is 0.403 e. The zero-order valence-electron chi connectivity index (χ0n) is 32.1. The van der Waals surface area contributed by atoms with Crippen molar-refractivity contribution in [2.75, 3.05) is 0 Å². The van der Waals surface area contributed by atoms with E-state index in [1.807, 2.05) is 55.4 Å². The molecule has 4 N–H and O–H groups in total. The molecule has 4 amide bonds. The Bertz CT molecular complexity index is 1350. The van der Waals surface area contributed by atoms with Crippen molar-refractivity contribution >= 4 is 23.6 Å². The summed E-state index contributed by atoms with van der Waals surface area (Å²) in [6, 6.07) is -1.53. The number of alkyl halides is 6. The third kappa shape index (κ3) is 5.65. The number of rotatable bonds is 4. The highest BCUT2D eigenvalue weighted by molar-refractivity contribution is 6.06. The fourth-order valence-corrected chi connectivity index (χ4v) is 12.7. The standard InChI is InChI=1S/C39H58F6N4O4/c1-15-19(5)31(20(6)16(2)29(15)46)48-33(50)25-11-9-23(13-27(25)35(48)52)37(38(40,41)42,39(43,44)45)24-10-12-26-28(14-24)36(53)49(34(26)51)32-21(7)17(3)30(47)18(4)22(32)8/h15-32H,9-14,46-47H2,1-8H3. The number of hydrogen-bond acceptors (Lipinski definition) is 6. The normalized spacial score (nSPS) is 47.2. The van der Waals surface area contributed by atoms with Gasteiger partial charge in [0.1, 0.15) is 0 Å². The highest BCUT2D eigenvalue weighted by Gasteiger charge is 2.78. The molecule has 14 heteroatoms. The predicted octanol–water partition coefficient (Wildman–Crippen LogP) is 6.41. The lowest BCUT2D eigenvalue weighted by atomic mass is 9.54. The SMILES string of the molecule is CC1C(C)C(N2C(=O)C3CCC(C(C4CCC5C(=O)N(C6C(C)C(C)C(N)C(C)C6C)C(=O)C5C4)(C(F)(F)F)C(F)(F)F)CC3C2=O)C(C)C(C)C1N. The molecule has 300 valence electrons. The number of hydrogen-bond donors (Lipinski definition) is 2. The molecule has 53 heavy (non-hydrogen) atoms. The molecular formula is C39H58F6N4O4. The van der Waals surface area contributed by atoms with Crippen LogP contribution in [0.15, 0.2) is 0 Å². The van der Waals surface area contributed by atoms with E-state index in [9.17, 15) is 19.2 Å². The molecule has 4 aliphatic carbocycles. The number of halogens is 6. The number of amides is 4. The summed E-state index contributed by atoms with van der Waals surface area (Å²) >= 11 is 0. The van der Waals surface area contributed by atoms with E-state index in [0.717, 1.165) is 0 Å². The Morgan fingerprint density at radius 1 is 0.453 bits per heavy atom. The Kier molecular flexibility index (Phi) is 10.3. The summed E-state index contributed by atoms with van der Waals surface area (Å²) in [5.41, 5.74) is 8.65. The number of imide groups is 2. The van der Waals surface area contributed by atoms with Crippen LogP contribution in [0.5, 0.6) is 0 Å². The van der Waals surface area contributed by atoms with Crippen LogP contribution in [0.1, 0.15) is 93.9 Å². The second-order valence-corrected chi connectivity index (χ2v) is 18.4. The van der Waals surface area contributed by atoms with Gasteiger partial charge in [-0.3, -0.25) is 29.0 Å². The first-order valence-corrected chi connectivity index (χ1v) is 19.8. The van der Waals surface area contributed by atoms with E-state index in [1.54, 1.807) is 0 Å². The fraction of sp³-hybridized carbons (Fsp3) is 0.897. The van der Waals surface area contributed by atoms with Gasteiger partial charge in [0.05, 0.1) is 23.7 Å². The fourth-order valence-electron chi connectivity index (χ4n) is 12.7. The van der Waals surface area contributed by atoms with Crippen LogP contribution in [0, 0.1) is 88.3 Å². The average molecular weight is 761 g/mol. The maximum absolute atomic E-state index is 15.6. The zero-order chi connectivity index (χ0) is 39.6. The van der Waals surface area contributed by atoms with Gasteiger partial charge in [-0.05, 0) is 97.7 Å². The molecule has 0 aromatic rings. The van der Waals surface area contributed by atoms with Crippen LogP contribution in [-0.4, -0.2) is 69.9 Å². The zero-order valence-corrected chi connectivity index (χ0v) is 32.1. The molecule has 2 saturated heterocycles. The molecule has 4 saturated carbocycles. The van der Waals surface area contributed by atoms with Crippen LogP contribution in [0.2, 0.25) is 0 Å². The smallest absolute Gasteiger partial charge is 0.327 e. The Balaban J connectivity index is 1.31. The molecule has 8 nitrogen and oxygen atoms in total. The lowest BCUT2D eigenvalue weighted by Crippen LogP contribution is -2.61. The van der Waals surface area contributed by atoms with Gasteiger partial charge in [0.2, 0.25) is 23.6 Å². The predicted molar refractivity (Wildman–Crippen MR) is 184 cm³/mol. The van der Waals surface area contributed by atoms with E-state index in [4.69, 9.17) is 11.5 Å². The second kappa shape index (κ2) is 13.5. The van der Waals surface area contributed by atoms with Crippen molar-refractivity contribution in [3.05, 3.63) is 0 Å². The summed E-state index contributed by atoms with van der Waals surface area (Å²) in [5.74, 6) is -12.3. The van der Waals surface area contributed by atoms with E-state index in [2.05, 4.69) is 0 Å². The molecule has 0 spiro atoms. The summed E-state index contributed by atoms with van der Waals surface area (Å²) < 4.78 is 93.6. The van der Waals surface area contributed by atoms with Crippen LogP contribution < -0.4 is 11.5 Å². The van der Waals surface area contributed by atoms with Gasteiger partial charge in [0, 0.05) is 24.2 Å². The number of fused-ring (bicyclic) bond motifs is 2. The third-order valence-corrected chi connectivity index (χ3v) is 16.6. The van der Waals surface area contributed by atoms with Crippen molar-refractivity contribution < 1.29 is 45.5 Å². The molecule has 6 fully saturated rings. The number of nitrogens with two attached hydrogens (primary N) is 2. The highest BCUT2D eigenvalue weighted by Crippen LogP contribution is 2.67. The minimum atomic E-state index is -5.78. The van der Waals surface area contributed by atoms with E-state index < -0.39 is 115 Å². The van der Waals surface area contributed by atoms with Crippen molar-refractivity contribution in [1.29, 1.82) is 0 Å². The molecule has 6 aliphatic rings. The summed E-state index contributed by atoms with van der Waals surface area (Å²) in [7, 11) is 0. The minimum Gasteiger partial charge on any atom is -0.327 e. The number of carbonyl (C=O) groups excluding carboxylic acids is 4. The van der Waals surface area contributed by atoms with Gasteiger partial charge in [-0.25, -0.2) is 0 Å². The molecule has 6 rings (SSSR count). The molecule has 0 radical (unpaired) electrons. The van der Waals surface area contributed by atoms with Gasteiger partial charge in [0.15, 0.2) is 5.41 Å². The number of nitrogens with zero attached hydrogens (tertiary/aromatic N) is 2. The lowest BCUT2D eigenvalue weighted by molar-refractivity contribution is -0.383. The van der Waals surface area contributed by atoms with Crippen molar-refractivity contribution in [1.82, 2.24) is 9.80 Å². The maximum atomic E-state index is 15.6. The van der Waals surface area contributed by atoms with Gasteiger partial charge in [-0.15, -0.1) is 0 Å². The first-order valence-electron chi connectivity index (χ1n) is 19.8. The molecule has 0 bridgehead atoms. The lowest BCUT2D eigenvalue weighted by Gasteiger charge is -2.52. The Morgan fingerprint density at radius 3 is 0.981 bits per heavy atom. The average Bonchev–Trinajstić information content (AvgIpc) is 3.47. The van der Waals surface area contributed by atoms with E-state index in [1.165, 1.54) is 9.80 Å². The Labute approximate surface area is 308 Å². The molecule has 0 aromatic heterocycles. The van der Waals surface area contributed by atoms with Crippen molar-refractivity contribution in [3.63, 3.8) is 0 Å². The third-order valence-electron chi connectivity index (χ3n) is 16.6. The first kappa shape index (κ1) is 40.4. The molecule has 14 unspecified atom stereocenters. The molecule has 2 heterocycles. The van der Waals surface area contributed by atoms with Gasteiger partial charge in [0.25, 0.3) is 0 Å². The highest BCUT2D eigenvalue weighted by atomic mass is 19.4. The summed E-state index contributed by atoms with van der Waals surface area (Å²) in [5, 5.41) is 0. The van der Waals surface area contributed by atoms with Crippen LogP contribution in [0.3, 0.4) is 0 Å². The summed E-state index contributed by atoms with van der Waals surface area (Å²) in [6.07, 6.45) is -14.7. The van der Waals surface area contributed by atoms with Gasteiger partial charge < -0.3 is 11.5 Å². The summed E-state index contributed by atoms with van der Waals surface area (Å²) in [6.45, 7) is 15.3. The van der Waals surface area contributed by atoms with E-state index >= 15 is 26.3 Å². The Hall–Kier alpha value is -2.22. The first-order chi connectivity index (χ1) is 24.4. The van der Waals surface area contributed by atoms with Gasteiger partial charge >= 0.3 is 12.4 Å². The molecule has 14 atom stereocenters. The Morgan fingerprint density at radius 2 is 0.717 bits per heavy atom. The number of likely N-dealkylation sites (tertiary alicyclic amines) is 2. The molecule has 0 aromatic carbocycles. The summed E-state index contributed by atoms with van der Waals surface area (Å²) in [4.78, 5) is 58.4. The van der Waals surface area contributed by atoms with Gasteiger partial charge in [-0.1, -0.05) is 55.4 Å².